The summed E-state index contributed by atoms with van der Waals surface area (Å²) in [5.41, 5.74) is 3.92. The van der Waals surface area contributed by atoms with Crippen molar-refractivity contribution in [3.63, 3.8) is 0 Å². The molecule has 4 heterocycles. The fraction of sp³-hybridized carbons (Fsp3) is 0.632. The second kappa shape index (κ2) is 7.72. The SMILES string of the molecule is COC[C@H]1c2c(cnn2CC2CCOCC2)CCN1Cc1ccoc1. The van der Waals surface area contributed by atoms with Crippen LogP contribution in [-0.2, 0) is 29.0 Å². The Hall–Kier alpha value is -1.63. The van der Waals surface area contributed by atoms with Crippen LogP contribution in [0.5, 0.6) is 0 Å². The first kappa shape index (κ1) is 16.8. The van der Waals surface area contributed by atoms with Gasteiger partial charge in [-0.05, 0) is 36.8 Å². The number of furan rings is 1. The van der Waals surface area contributed by atoms with E-state index in [1.54, 1.807) is 13.4 Å². The first-order valence-electron chi connectivity index (χ1n) is 9.21. The van der Waals surface area contributed by atoms with Crippen molar-refractivity contribution in [1.82, 2.24) is 14.7 Å². The zero-order valence-electron chi connectivity index (χ0n) is 14.9. The van der Waals surface area contributed by atoms with E-state index in [2.05, 4.69) is 15.8 Å². The molecule has 6 heteroatoms. The fourth-order valence-electron chi connectivity index (χ4n) is 4.07. The molecule has 1 fully saturated rings. The van der Waals surface area contributed by atoms with E-state index in [1.165, 1.54) is 16.8 Å². The summed E-state index contributed by atoms with van der Waals surface area (Å²) in [6, 6.07) is 2.28. The normalized spacial score (nSPS) is 22.2. The average Bonchev–Trinajstić information content (AvgIpc) is 3.28. The van der Waals surface area contributed by atoms with Gasteiger partial charge in [0.25, 0.3) is 0 Å². The maximum absolute atomic E-state index is 5.58. The number of hydrogen-bond acceptors (Lipinski definition) is 5. The van der Waals surface area contributed by atoms with Gasteiger partial charge in [0.2, 0.25) is 0 Å². The molecule has 2 aromatic heterocycles. The van der Waals surface area contributed by atoms with Crippen LogP contribution in [0.15, 0.2) is 29.2 Å². The highest BCUT2D eigenvalue weighted by molar-refractivity contribution is 5.26. The highest BCUT2D eigenvalue weighted by atomic mass is 16.5. The lowest BCUT2D eigenvalue weighted by molar-refractivity contribution is 0.0545. The molecule has 2 aliphatic heterocycles. The van der Waals surface area contributed by atoms with E-state index in [1.807, 2.05) is 12.3 Å². The van der Waals surface area contributed by atoms with Crippen LogP contribution in [0.4, 0.5) is 0 Å². The number of aromatic nitrogens is 2. The number of fused-ring (bicyclic) bond motifs is 1. The lowest BCUT2D eigenvalue weighted by atomic mass is 9.97. The molecule has 0 spiro atoms. The van der Waals surface area contributed by atoms with Gasteiger partial charge in [-0.15, -0.1) is 0 Å². The minimum Gasteiger partial charge on any atom is -0.472 e. The van der Waals surface area contributed by atoms with E-state index in [0.717, 1.165) is 52.1 Å². The summed E-state index contributed by atoms with van der Waals surface area (Å²) >= 11 is 0. The molecule has 0 saturated carbocycles. The summed E-state index contributed by atoms with van der Waals surface area (Å²) in [6.07, 6.45) is 8.93. The van der Waals surface area contributed by atoms with Gasteiger partial charge in [0.15, 0.2) is 0 Å². The second-order valence-corrected chi connectivity index (χ2v) is 7.12. The first-order chi connectivity index (χ1) is 12.3. The summed E-state index contributed by atoms with van der Waals surface area (Å²) < 4.78 is 18.6. The van der Waals surface area contributed by atoms with Crippen LogP contribution in [0.2, 0.25) is 0 Å². The van der Waals surface area contributed by atoms with Crippen LogP contribution < -0.4 is 0 Å². The molecular weight excluding hydrogens is 318 g/mol. The van der Waals surface area contributed by atoms with Crippen molar-refractivity contribution < 1.29 is 13.9 Å². The number of hydrogen-bond donors (Lipinski definition) is 0. The molecule has 1 atom stereocenters. The van der Waals surface area contributed by atoms with Crippen LogP contribution >= 0.6 is 0 Å². The third-order valence-electron chi connectivity index (χ3n) is 5.45. The van der Waals surface area contributed by atoms with Crippen molar-refractivity contribution >= 4 is 0 Å². The molecule has 136 valence electrons. The number of rotatable bonds is 6. The van der Waals surface area contributed by atoms with Gasteiger partial charge < -0.3 is 13.9 Å². The summed E-state index contributed by atoms with van der Waals surface area (Å²) in [6.45, 7) is 5.33. The van der Waals surface area contributed by atoms with Crippen molar-refractivity contribution in [2.45, 2.75) is 38.4 Å². The van der Waals surface area contributed by atoms with Crippen molar-refractivity contribution in [3.05, 3.63) is 41.6 Å². The van der Waals surface area contributed by atoms with Gasteiger partial charge in [-0.1, -0.05) is 0 Å². The van der Waals surface area contributed by atoms with Crippen LogP contribution in [0.1, 0.15) is 35.7 Å². The largest absolute Gasteiger partial charge is 0.472 e. The molecule has 2 aromatic rings. The van der Waals surface area contributed by atoms with E-state index >= 15 is 0 Å². The van der Waals surface area contributed by atoms with Gasteiger partial charge in [0.1, 0.15) is 0 Å². The predicted octanol–water partition coefficient (Wildman–Crippen LogP) is 2.65. The van der Waals surface area contributed by atoms with Crippen LogP contribution in [0.25, 0.3) is 0 Å². The third-order valence-corrected chi connectivity index (χ3v) is 5.45. The lowest BCUT2D eigenvalue weighted by Crippen LogP contribution is -2.38. The minimum absolute atomic E-state index is 0.242. The van der Waals surface area contributed by atoms with Crippen LogP contribution in [0.3, 0.4) is 0 Å². The molecule has 0 bridgehead atoms. The molecule has 0 radical (unpaired) electrons. The molecule has 0 aliphatic carbocycles. The van der Waals surface area contributed by atoms with Gasteiger partial charge in [0.05, 0.1) is 37.1 Å². The Morgan fingerprint density at radius 2 is 2.20 bits per heavy atom. The third kappa shape index (κ3) is 3.66. The van der Waals surface area contributed by atoms with Crippen LogP contribution in [0, 0.1) is 5.92 Å². The van der Waals surface area contributed by atoms with Gasteiger partial charge >= 0.3 is 0 Å². The molecule has 4 rings (SSSR count). The summed E-state index contributed by atoms with van der Waals surface area (Å²) in [5, 5.41) is 4.73. The van der Waals surface area contributed by atoms with Gasteiger partial charge in [-0.3, -0.25) is 9.58 Å². The topological polar surface area (TPSA) is 52.7 Å². The Morgan fingerprint density at radius 3 is 2.96 bits per heavy atom. The highest BCUT2D eigenvalue weighted by Crippen LogP contribution is 2.32. The number of nitrogens with zero attached hydrogens (tertiary/aromatic N) is 3. The van der Waals surface area contributed by atoms with Gasteiger partial charge in [-0.25, -0.2) is 0 Å². The molecule has 0 aromatic carbocycles. The van der Waals surface area contributed by atoms with E-state index in [0.29, 0.717) is 12.5 Å². The molecular formula is C19H27N3O3. The molecule has 25 heavy (non-hydrogen) atoms. The number of methoxy groups -OCH3 is 1. The molecule has 0 unspecified atom stereocenters. The fourth-order valence-corrected chi connectivity index (χ4v) is 4.07. The molecule has 0 N–H and O–H groups in total. The van der Waals surface area contributed by atoms with E-state index in [4.69, 9.17) is 19.0 Å². The Bertz CT molecular complexity index is 662. The minimum atomic E-state index is 0.242. The molecule has 6 nitrogen and oxygen atoms in total. The Balaban J connectivity index is 1.56. The molecule has 1 saturated heterocycles. The monoisotopic (exact) mass is 345 g/mol. The summed E-state index contributed by atoms with van der Waals surface area (Å²) in [4.78, 5) is 2.48. The summed E-state index contributed by atoms with van der Waals surface area (Å²) in [7, 11) is 1.78. The zero-order valence-corrected chi connectivity index (χ0v) is 14.9. The maximum atomic E-state index is 5.58. The van der Waals surface area contributed by atoms with Crippen molar-refractivity contribution in [1.29, 1.82) is 0 Å². The van der Waals surface area contributed by atoms with Crippen molar-refractivity contribution in [2.75, 3.05) is 33.5 Å². The smallest absolute Gasteiger partial charge is 0.0947 e. The number of ether oxygens (including phenoxy) is 2. The Morgan fingerprint density at radius 1 is 1.32 bits per heavy atom. The molecule has 0 amide bonds. The second-order valence-electron chi connectivity index (χ2n) is 7.12. The van der Waals surface area contributed by atoms with E-state index in [-0.39, 0.29) is 6.04 Å². The van der Waals surface area contributed by atoms with E-state index in [9.17, 15) is 0 Å². The average molecular weight is 345 g/mol. The Kier molecular flexibility index (Phi) is 5.20. The first-order valence-corrected chi connectivity index (χ1v) is 9.21. The quantitative estimate of drug-likeness (QED) is 0.806. The van der Waals surface area contributed by atoms with Crippen LogP contribution in [-0.4, -0.2) is 48.2 Å². The lowest BCUT2D eigenvalue weighted by Gasteiger charge is -2.36. The van der Waals surface area contributed by atoms with Gasteiger partial charge in [-0.2, -0.15) is 5.10 Å². The maximum Gasteiger partial charge on any atom is 0.0947 e. The zero-order chi connectivity index (χ0) is 17.1. The standard InChI is InChI=1S/C19H27N3O3/c1-23-14-18-19-17(2-6-21(18)11-16-5-9-25-13-16)10-20-22(19)12-15-3-7-24-8-4-15/h5,9-10,13,15,18H,2-4,6-8,11-12,14H2,1H3/t18-/m0/s1. The van der Waals surface area contributed by atoms with Gasteiger partial charge in [0, 0.05) is 45.5 Å². The van der Waals surface area contributed by atoms with E-state index < -0.39 is 0 Å². The molecule has 2 aliphatic rings. The predicted molar refractivity (Wildman–Crippen MR) is 93.2 cm³/mol. The summed E-state index contributed by atoms with van der Waals surface area (Å²) in [5.74, 6) is 0.658. The van der Waals surface area contributed by atoms with Crippen molar-refractivity contribution in [3.8, 4) is 0 Å². The Labute approximate surface area is 148 Å². The van der Waals surface area contributed by atoms with Crippen molar-refractivity contribution in [2.24, 2.45) is 5.92 Å². The highest BCUT2D eigenvalue weighted by Gasteiger charge is 2.32.